The Labute approximate surface area is 234 Å². The molecule has 0 atom stereocenters. The van der Waals surface area contributed by atoms with Crippen LogP contribution in [0.1, 0.15) is 20.7 Å². The van der Waals surface area contributed by atoms with Crippen molar-refractivity contribution in [2.24, 2.45) is 0 Å². The van der Waals surface area contributed by atoms with E-state index in [4.69, 9.17) is 27.9 Å². The first-order valence-electron chi connectivity index (χ1n) is 11.9. The highest BCUT2D eigenvalue weighted by atomic mass is 35.5. The van der Waals surface area contributed by atoms with E-state index in [9.17, 15) is 18.0 Å². The molecular weight excluding hydrogens is 563 g/mol. The van der Waals surface area contributed by atoms with Gasteiger partial charge in [-0.25, -0.2) is 13.4 Å². The molecule has 1 fully saturated rings. The fourth-order valence-electron chi connectivity index (χ4n) is 4.19. The second-order valence-electron chi connectivity index (χ2n) is 8.62. The first-order chi connectivity index (χ1) is 18.8. The number of rotatable bonds is 5. The molecule has 1 aromatic heterocycles. The van der Waals surface area contributed by atoms with E-state index in [-0.39, 0.29) is 47.3 Å². The molecule has 5 rings (SSSR count). The van der Waals surface area contributed by atoms with Crippen molar-refractivity contribution in [2.75, 3.05) is 26.3 Å². The van der Waals surface area contributed by atoms with Crippen LogP contribution in [0.2, 0.25) is 10.0 Å². The number of amides is 2. The van der Waals surface area contributed by atoms with Gasteiger partial charge >= 0.3 is 0 Å². The number of benzene rings is 3. The number of aromatic nitrogens is 1. The third-order valence-corrected chi connectivity index (χ3v) is 8.74. The van der Waals surface area contributed by atoms with Gasteiger partial charge < -0.3 is 4.74 Å². The molecule has 2 N–H and O–H groups in total. The number of carbonyl (C=O) groups excluding carboxylic acids is 2. The number of ether oxygens (including phenoxy) is 1. The minimum atomic E-state index is -3.86. The van der Waals surface area contributed by atoms with Gasteiger partial charge in [0.15, 0.2) is 0 Å². The van der Waals surface area contributed by atoms with Gasteiger partial charge in [0.2, 0.25) is 10.0 Å². The molecule has 0 saturated carbocycles. The number of hydrogen-bond acceptors (Lipinski definition) is 6. The third-order valence-electron chi connectivity index (χ3n) is 6.19. The molecule has 39 heavy (non-hydrogen) atoms. The van der Waals surface area contributed by atoms with Crippen LogP contribution in [0.4, 0.5) is 0 Å². The maximum absolute atomic E-state index is 13.2. The van der Waals surface area contributed by atoms with E-state index in [1.165, 1.54) is 22.5 Å². The lowest BCUT2D eigenvalue weighted by Gasteiger charge is -2.26. The lowest BCUT2D eigenvalue weighted by Crippen LogP contribution is -2.42. The number of sulfonamides is 1. The zero-order valence-corrected chi connectivity index (χ0v) is 22.7. The minimum Gasteiger partial charge on any atom is -0.379 e. The van der Waals surface area contributed by atoms with E-state index in [2.05, 4.69) is 15.8 Å². The van der Waals surface area contributed by atoms with Crippen molar-refractivity contribution in [1.82, 2.24) is 20.1 Å². The lowest BCUT2D eigenvalue weighted by atomic mass is 10.0. The molecule has 200 valence electrons. The Morgan fingerprint density at radius 2 is 1.49 bits per heavy atom. The Bertz CT molecular complexity index is 1690. The number of hydrazine groups is 1. The fourth-order valence-corrected chi connectivity index (χ4v) is 6.06. The highest BCUT2D eigenvalue weighted by Crippen LogP contribution is 2.30. The van der Waals surface area contributed by atoms with Crippen LogP contribution in [-0.4, -0.2) is 55.8 Å². The molecule has 0 unspecified atom stereocenters. The number of halogens is 2. The average molecular weight is 585 g/mol. The van der Waals surface area contributed by atoms with Gasteiger partial charge in [0.25, 0.3) is 11.8 Å². The Balaban J connectivity index is 1.40. The summed E-state index contributed by atoms with van der Waals surface area (Å²) >= 11 is 12.6. The zero-order valence-electron chi connectivity index (χ0n) is 20.4. The highest BCUT2D eigenvalue weighted by Gasteiger charge is 2.28. The van der Waals surface area contributed by atoms with Crippen LogP contribution in [0.15, 0.2) is 77.7 Å². The normalized spacial score (nSPS) is 14.2. The van der Waals surface area contributed by atoms with Crippen molar-refractivity contribution in [2.45, 2.75) is 4.90 Å². The number of nitrogens with one attached hydrogen (secondary N) is 2. The maximum Gasteiger partial charge on any atom is 0.271 e. The van der Waals surface area contributed by atoms with Crippen LogP contribution in [0.3, 0.4) is 0 Å². The summed E-state index contributed by atoms with van der Waals surface area (Å²) in [6.07, 6.45) is 0. The number of fused-ring (bicyclic) bond motifs is 1. The summed E-state index contributed by atoms with van der Waals surface area (Å²) in [5.41, 5.74) is 6.57. The Morgan fingerprint density at radius 3 is 2.23 bits per heavy atom. The van der Waals surface area contributed by atoms with Crippen LogP contribution in [0, 0.1) is 0 Å². The van der Waals surface area contributed by atoms with Gasteiger partial charge in [-0.2, -0.15) is 4.31 Å². The van der Waals surface area contributed by atoms with Crippen molar-refractivity contribution >= 4 is 55.9 Å². The first kappa shape index (κ1) is 27.0. The molecule has 0 spiro atoms. The SMILES string of the molecule is O=C(NNC(=O)c1cc(-c2ccccc2Cl)nc2ccccc12)c1cc(S(=O)(=O)N2CCOCC2)ccc1Cl. The van der Waals surface area contributed by atoms with Crippen molar-refractivity contribution < 1.29 is 22.7 Å². The van der Waals surface area contributed by atoms with Crippen molar-refractivity contribution in [3.8, 4) is 11.3 Å². The second kappa shape index (κ2) is 11.3. The highest BCUT2D eigenvalue weighted by molar-refractivity contribution is 7.89. The minimum absolute atomic E-state index is 0.0260. The molecule has 4 aromatic rings. The van der Waals surface area contributed by atoms with Gasteiger partial charge in [-0.1, -0.05) is 59.6 Å². The average Bonchev–Trinajstić information content (AvgIpc) is 2.96. The number of hydrogen-bond donors (Lipinski definition) is 2. The maximum atomic E-state index is 13.2. The van der Waals surface area contributed by atoms with Gasteiger partial charge in [0, 0.05) is 29.1 Å². The standard InChI is InChI=1S/C27H22Cl2N4O5S/c28-22-7-3-1-6-19(22)25-16-20(18-5-2-4-8-24(18)30-25)26(34)31-32-27(35)21-15-17(9-10-23(21)29)39(36,37)33-11-13-38-14-12-33/h1-10,15-16H,11-14H2,(H,31,34)(H,32,35). The zero-order chi connectivity index (χ0) is 27.6. The van der Waals surface area contributed by atoms with E-state index < -0.39 is 21.8 Å². The predicted molar refractivity (Wildman–Crippen MR) is 148 cm³/mol. The van der Waals surface area contributed by atoms with Gasteiger partial charge in [-0.15, -0.1) is 0 Å². The van der Waals surface area contributed by atoms with E-state index in [0.29, 0.717) is 27.2 Å². The second-order valence-corrected chi connectivity index (χ2v) is 11.4. The Hall–Kier alpha value is -3.54. The number of nitrogens with zero attached hydrogens (tertiary/aromatic N) is 2. The summed E-state index contributed by atoms with van der Waals surface area (Å²) in [7, 11) is -3.86. The van der Waals surface area contributed by atoms with Crippen LogP contribution in [0.5, 0.6) is 0 Å². The van der Waals surface area contributed by atoms with Gasteiger partial charge in [0.1, 0.15) is 0 Å². The van der Waals surface area contributed by atoms with Gasteiger partial charge in [-0.3, -0.25) is 20.4 Å². The Kier molecular flexibility index (Phi) is 7.83. The van der Waals surface area contributed by atoms with Crippen LogP contribution >= 0.6 is 23.2 Å². The number of pyridine rings is 1. The van der Waals surface area contributed by atoms with Crippen molar-refractivity contribution in [1.29, 1.82) is 0 Å². The first-order valence-corrected chi connectivity index (χ1v) is 14.1. The summed E-state index contributed by atoms with van der Waals surface area (Å²) in [4.78, 5) is 30.8. The molecule has 0 bridgehead atoms. The largest absolute Gasteiger partial charge is 0.379 e. The molecule has 3 aromatic carbocycles. The summed E-state index contributed by atoms with van der Waals surface area (Å²) in [5, 5.41) is 1.07. The smallest absolute Gasteiger partial charge is 0.271 e. The molecule has 0 aliphatic carbocycles. The number of para-hydroxylation sites is 1. The van der Waals surface area contributed by atoms with E-state index in [1.54, 1.807) is 48.5 Å². The predicted octanol–water partition coefficient (Wildman–Crippen LogP) is 4.30. The quantitative estimate of drug-likeness (QED) is 0.338. The molecule has 1 aliphatic rings. The summed E-state index contributed by atoms with van der Waals surface area (Å²) in [6.45, 7) is 0.986. The molecule has 1 aliphatic heterocycles. The molecule has 1 saturated heterocycles. The van der Waals surface area contributed by atoms with E-state index >= 15 is 0 Å². The molecule has 2 heterocycles. The van der Waals surface area contributed by atoms with E-state index in [1.807, 2.05) is 6.07 Å². The van der Waals surface area contributed by atoms with Crippen LogP contribution < -0.4 is 10.9 Å². The monoisotopic (exact) mass is 584 g/mol. The topological polar surface area (TPSA) is 118 Å². The summed E-state index contributed by atoms with van der Waals surface area (Å²) < 4.78 is 32.6. The van der Waals surface area contributed by atoms with Gasteiger partial charge in [0.05, 0.1) is 45.5 Å². The van der Waals surface area contributed by atoms with E-state index in [0.717, 1.165) is 0 Å². The summed E-state index contributed by atoms with van der Waals surface area (Å²) in [5.74, 6) is -1.39. The van der Waals surface area contributed by atoms with Crippen LogP contribution in [-0.2, 0) is 14.8 Å². The third kappa shape index (κ3) is 5.61. The van der Waals surface area contributed by atoms with Crippen molar-refractivity contribution in [3.63, 3.8) is 0 Å². The van der Waals surface area contributed by atoms with Gasteiger partial charge in [-0.05, 0) is 36.4 Å². The molecule has 0 radical (unpaired) electrons. The number of carbonyl (C=O) groups is 2. The molecule has 2 amide bonds. The molecular formula is C27H22Cl2N4O5S. The number of morpholine rings is 1. The lowest BCUT2D eigenvalue weighted by molar-refractivity contribution is 0.0730. The molecule has 12 heteroatoms. The summed E-state index contributed by atoms with van der Waals surface area (Å²) in [6, 6.07) is 19.7. The van der Waals surface area contributed by atoms with Crippen molar-refractivity contribution in [3.05, 3.63) is 94.0 Å². The Morgan fingerprint density at radius 1 is 0.821 bits per heavy atom. The molecule has 9 nitrogen and oxygen atoms in total. The van der Waals surface area contributed by atoms with Crippen LogP contribution in [0.25, 0.3) is 22.2 Å². The fraction of sp³-hybridized carbons (Fsp3) is 0.148.